The SMILES string of the molecule is CCCCC(CC)C(=O)OOCC(C)CCC(C)(C)O[O-].[K+]. The van der Waals surface area contributed by atoms with Gasteiger partial charge in [0.2, 0.25) is 0 Å². The summed E-state index contributed by atoms with van der Waals surface area (Å²) in [6, 6.07) is 0. The molecule has 0 saturated carbocycles. The van der Waals surface area contributed by atoms with E-state index in [0.717, 1.165) is 32.1 Å². The van der Waals surface area contributed by atoms with E-state index in [-0.39, 0.29) is 69.2 Å². The molecular weight excluding hydrogens is 311 g/mol. The molecule has 0 aromatic heterocycles. The summed E-state index contributed by atoms with van der Waals surface area (Å²) in [5.41, 5.74) is -0.668. The topological polar surface area (TPSA) is 67.8 Å². The van der Waals surface area contributed by atoms with Crippen molar-refractivity contribution in [2.75, 3.05) is 6.61 Å². The number of unbranched alkanes of at least 4 members (excludes halogenated alkanes) is 1. The summed E-state index contributed by atoms with van der Waals surface area (Å²) in [4.78, 5) is 25.9. The second kappa shape index (κ2) is 14.3. The summed E-state index contributed by atoms with van der Waals surface area (Å²) in [6.45, 7) is 9.92. The Hall–Kier alpha value is 0.986. The van der Waals surface area contributed by atoms with Crippen molar-refractivity contribution in [2.45, 2.75) is 78.7 Å². The first-order chi connectivity index (χ1) is 9.86. The van der Waals surface area contributed by atoms with Crippen molar-refractivity contribution in [3.8, 4) is 0 Å². The van der Waals surface area contributed by atoms with Gasteiger partial charge in [-0.1, -0.05) is 33.6 Å². The van der Waals surface area contributed by atoms with Gasteiger partial charge in [-0.05, 0) is 45.4 Å². The average molecular weight is 343 g/mol. The molecule has 0 aromatic carbocycles. The van der Waals surface area contributed by atoms with E-state index >= 15 is 0 Å². The Kier molecular flexibility index (Phi) is 16.4. The molecule has 0 aromatic rings. The van der Waals surface area contributed by atoms with Gasteiger partial charge < -0.3 is 10.1 Å². The van der Waals surface area contributed by atoms with Gasteiger partial charge in [0.1, 0.15) is 0 Å². The molecule has 0 saturated heterocycles. The third-order valence-corrected chi connectivity index (χ3v) is 3.69. The predicted molar refractivity (Wildman–Crippen MR) is 78.9 cm³/mol. The Balaban J connectivity index is 0. The van der Waals surface area contributed by atoms with Crippen LogP contribution in [-0.4, -0.2) is 18.2 Å². The van der Waals surface area contributed by atoms with Crippen molar-refractivity contribution in [3.05, 3.63) is 0 Å². The number of carbonyl (C=O) groups excluding carboxylic acids is 1. The number of carbonyl (C=O) groups is 1. The quantitative estimate of drug-likeness (QED) is 0.287. The van der Waals surface area contributed by atoms with E-state index in [0.29, 0.717) is 13.0 Å². The maximum atomic E-state index is 11.8. The van der Waals surface area contributed by atoms with E-state index in [9.17, 15) is 10.1 Å². The van der Waals surface area contributed by atoms with Crippen LogP contribution in [0.2, 0.25) is 0 Å². The van der Waals surface area contributed by atoms with E-state index < -0.39 is 5.60 Å². The molecule has 0 heterocycles. The molecule has 0 spiro atoms. The summed E-state index contributed by atoms with van der Waals surface area (Å²) in [7, 11) is 0. The standard InChI is InChI=1S/C16H32O5.K/c1-6-8-9-14(7-2)15(17)20-19-12-13(3)10-11-16(4,5)21-18;/h13-14,18H,6-12H2,1-5H3;/q;+1/p-1. The number of hydrogen-bond acceptors (Lipinski definition) is 5. The zero-order chi connectivity index (χ0) is 16.3. The van der Waals surface area contributed by atoms with E-state index in [2.05, 4.69) is 11.8 Å². The summed E-state index contributed by atoms with van der Waals surface area (Å²) in [5.74, 6) is -0.155. The van der Waals surface area contributed by atoms with Crippen molar-refractivity contribution in [2.24, 2.45) is 11.8 Å². The maximum Gasteiger partial charge on any atom is 1.00 e. The van der Waals surface area contributed by atoms with E-state index in [1.54, 1.807) is 13.8 Å². The molecule has 6 heteroatoms. The Morgan fingerprint density at radius 1 is 1.23 bits per heavy atom. The summed E-state index contributed by atoms with van der Waals surface area (Å²) in [5, 5.41) is 10.5. The van der Waals surface area contributed by atoms with Crippen LogP contribution < -0.4 is 56.6 Å². The monoisotopic (exact) mass is 342 g/mol. The van der Waals surface area contributed by atoms with Gasteiger partial charge in [-0.2, -0.15) is 4.89 Å². The Bertz CT molecular complexity index is 284. The molecule has 0 radical (unpaired) electrons. The van der Waals surface area contributed by atoms with Crippen LogP contribution in [0.4, 0.5) is 0 Å². The summed E-state index contributed by atoms with van der Waals surface area (Å²) < 4.78 is 0. The molecule has 0 fully saturated rings. The second-order valence-corrected chi connectivity index (χ2v) is 6.42. The van der Waals surface area contributed by atoms with E-state index in [4.69, 9.17) is 9.78 Å². The van der Waals surface area contributed by atoms with Crippen LogP contribution in [-0.2, 0) is 19.5 Å². The first-order valence-corrected chi connectivity index (χ1v) is 8.00. The van der Waals surface area contributed by atoms with Gasteiger partial charge in [-0.15, -0.1) is 0 Å². The number of rotatable bonds is 12. The van der Waals surface area contributed by atoms with E-state index in [1.807, 2.05) is 13.8 Å². The van der Waals surface area contributed by atoms with Crippen molar-refractivity contribution in [3.63, 3.8) is 0 Å². The van der Waals surface area contributed by atoms with Gasteiger partial charge in [-0.3, -0.25) is 4.89 Å². The van der Waals surface area contributed by atoms with Crippen molar-refractivity contribution in [1.82, 2.24) is 0 Å². The first kappa shape index (κ1) is 25.2. The van der Waals surface area contributed by atoms with Crippen LogP contribution in [0, 0.1) is 11.8 Å². The van der Waals surface area contributed by atoms with Gasteiger partial charge in [0.05, 0.1) is 18.1 Å². The molecule has 0 bridgehead atoms. The molecular formula is C16H31KO5. The molecule has 0 N–H and O–H groups in total. The fraction of sp³-hybridized carbons (Fsp3) is 0.938. The van der Waals surface area contributed by atoms with Gasteiger partial charge in [0, 0.05) is 0 Å². The van der Waals surface area contributed by atoms with Crippen molar-refractivity contribution < 1.29 is 76.1 Å². The Morgan fingerprint density at radius 3 is 2.36 bits per heavy atom. The largest absolute Gasteiger partial charge is 1.00 e. The maximum absolute atomic E-state index is 11.8. The zero-order valence-corrected chi connectivity index (χ0v) is 18.3. The van der Waals surface area contributed by atoms with Crippen LogP contribution in [0.15, 0.2) is 0 Å². The summed E-state index contributed by atoms with van der Waals surface area (Å²) in [6.07, 6.45) is 5.13. The smallest absolute Gasteiger partial charge is 0.723 e. The van der Waals surface area contributed by atoms with E-state index in [1.165, 1.54) is 0 Å². The van der Waals surface area contributed by atoms with Gasteiger partial charge in [0.25, 0.3) is 0 Å². The van der Waals surface area contributed by atoms with Crippen molar-refractivity contribution in [1.29, 1.82) is 0 Å². The third kappa shape index (κ3) is 12.4. The van der Waals surface area contributed by atoms with Gasteiger partial charge in [0.15, 0.2) is 0 Å². The first-order valence-electron chi connectivity index (χ1n) is 8.00. The molecule has 2 atom stereocenters. The molecule has 126 valence electrons. The molecule has 2 unspecified atom stereocenters. The minimum Gasteiger partial charge on any atom is -0.723 e. The van der Waals surface area contributed by atoms with Crippen LogP contribution in [0.1, 0.15) is 73.1 Å². The second-order valence-electron chi connectivity index (χ2n) is 6.42. The van der Waals surface area contributed by atoms with Crippen LogP contribution in [0.3, 0.4) is 0 Å². The third-order valence-electron chi connectivity index (χ3n) is 3.69. The molecule has 5 nitrogen and oxygen atoms in total. The fourth-order valence-electron chi connectivity index (χ4n) is 1.93. The molecule has 0 rings (SSSR count). The molecule has 0 aliphatic rings. The molecule has 0 aliphatic carbocycles. The van der Waals surface area contributed by atoms with Crippen LogP contribution in [0.25, 0.3) is 0 Å². The van der Waals surface area contributed by atoms with Crippen molar-refractivity contribution >= 4 is 5.97 Å². The minimum atomic E-state index is -0.668. The molecule has 0 aliphatic heterocycles. The molecule has 22 heavy (non-hydrogen) atoms. The average Bonchev–Trinajstić information content (AvgIpc) is 2.46. The predicted octanol–water partition coefficient (Wildman–Crippen LogP) is 0.168. The van der Waals surface area contributed by atoms with Gasteiger partial charge in [-0.25, -0.2) is 4.79 Å². The Labute approximate surface area is 177 Å². The minimum absolute atomic E-state index is 0. The van der Waals surface area contributed by atoms with Crippen LogP contribution >= 0.6 is 0 Å². The zero-order valence-electron chi connectivity index (χ0n) is 15.1. The normalized spacial score (nSPS) is 14.1. The Morgan fingerprint density at radius 2 is 1.86 bits per heavy atom. The van der Waals surface area contributed by atoms with Gasteiger partial charge >= 0.3 is 57.4 Å². The molecule has 0 amide bonds. The summed E-state index contributed by atoms with van der Waals surface area (Å²) >= 11 is 0. The number of hydrogen-bond donors (Lipinski definition) is 0. The fourth-order valence-corrected chi connectivity index (χ4v) is 1.93. The van der Waals surface area contributed by atoms with Crippen LogP contribution in [0.5, 0.6) is 0 Å².